The van der Waals surface area contributed by atoms with Gasteiger partial charge in [-0.25, -0.2) is 9.97 Å². The fraction of sp³-hybridized carbons (Fsp3) is 0.438. The van der Waals surface area contributed by atoms with Gasteiger partial charge < -0.3 is 16.0 Å². The van der Waals surface area contributed by atoms with Crippen LogP contribution in [0.4, 0.5) is 5.82 Å². The Morgan fingerprint density at radius 3 is 2.67 bits per heavy atom. The van der Waals surface area contributed by atoms with Crippen molar-refractivity contribution in [2.24, 2.45) is 10.7 Å². The Bertz CT molecular complexity index is 669. The van der Waals surface area contributed by atoms with Gasteiger partial charge in [-0.1, -0.05) is 6.08 Å². The van der Waals surface area contributed by atoms with E-state index in [1.165, 1.54) is 6.33 Å². The summed E-state index contributed by atoms with van der Waals surface area (Å²) in [5, 5.41) is 2.65. The number of aromatic nitrogens is 2. The molecule has 0 saturated carbocycles. The molecule has 0 aromatic carbocycles. The third-order valence-electron chi connectivity index (χ3n) is 3.69. The molecule has 0 bridgehead atoms. The number of nitrogens with zero attached hydrogens (tertiary/aromatic N) is 4. The van der Waals surface area contributed by atoms with E-state index in [0.717, 1.165) is 0 Å². The first kappa shape index (κ1) is 19.3. The normalized spacial score (nSPS) is 13.0. The van der Waals surface area contributed by atoms with E-state index in [2.05, 4.69) is 20.3 Å². The van der Waals surface area contributed by atoms with Crippen LogP contribution in [-0.4, -0.2) is 54.7 Å². The van der Waals surface area contributed by atoms with E-state index < -0.39 is 5.91 Å². The lowest BCUT2D eigenvalue weighted by Crippen LogP contribution is -2.34. The third-order valence-corrected chi connectivity index (χ3v) is 3.69. The number of primary amides is 1. The molecular weight excluding hydrogens is 308 g/mol. The summed E-state index contributed by atoms with van der Waals surface area (Å²) in [6.07, 6.45) is 4.70. The Hall–Kier alpha value is -2.77. The summed E-state index contributed by atoms with van der Waals surface area (Å²) in [5.41, 5.74) is 6.46. The van der Waals surface area contributed by atoms with Crippen LogP contribution in [0.5, 0.6) is 0 Å². The van der Waals surface area contributed by atoms with Crippen molar-refractivity contribution >= 4 is 23.8 Å². The molecule has 24 heavy (non-hydrogen) atoms. The highest BCUT2D eigenvalue weighted by Crippen LogP contribution is 2.19. The minimum absolute atomic E-state index is 0.0176. The highest BCUT2D eigenvalue weighted by molar-refractivity contribution is 5.97. The van der Waals surface area contributed by atoms with Crippen LogP contribution >= 0.6 is 0 Å². The van der Waals surface area contributed by atoms with Gasteiger partial charge in [0.1, 0.15) is 17.8 Å². The van der Waals surface area contributed by atoms with Crippen molar-refractivity contribution in [3.05, 3.63) is 29.2 Å². The van der Waals surface area contributed by atoms with Crippen molar-refractivity contribution in [1.29, 1.82) is 0 Å². The van der Waals surface area contributed by atoms with Crippen LogP contribution in [0.15, 0.2) is 23.0 Å². The number of nitrogens with one attached hydrogen (secondary N) is 1. The van der Waals surface area contributed by atoms with E-state index in [-0.39, 0.29) is 24.2 Å². The van der Waals surface area contributed by atoms with Crippen LogP contribution in [-0.2, 0) is 4.79 Å². The second-order valence-electron chi connectivity index (χ2n) is 5.29. The molecule has 1 aromatic heterocycles. The summed E-state index contributed by atoms with van der Waals surface area (Å²) < 4.78 is 0. The average Bonchev–Trinajstić information content (AvgIpc) is 2.54. The standard InChI is InChI=1S/C16H24N6O2/c1-6-12(14(17)23)8-19-16(24)13-11(3)15(21-9-20-13)22(5)10(2)7-18-4/h6-7,9-10H,8H2,1-5H3,(H2,17,23)(H,19,24). The molecule has 0 aliphatic heterocycles. The van der Waals surface area contributed by atoms with E-state index in [1.807, 2.05) is 18.9 Å². The quantitative estimate of drug-likeness (QED) is 0.556. The first-order chi connectivity index (χ1) is 11.3. The number of hydrogen-bond acceptors (Lipinski definition) is 6. The van der Waals surface area contributed by atoms with Gasteiger partial charge in [0.05, 0.1) is 6.04 Å². The van der Waals surface area contributed by atoms with Gasteiger partial charge in [0.25, 0.3) is 5.91 Å². The second kappa shape index (κ2) is 8.76. The second-order valence-corrected chi connectivity index (χ2v) is 5.29. The Morgan fingerprint density at radius 1 is 1.46 bits per heavy atom. The maximum Gasteiger partial charge on any atom is 0.270 e. The van der Waals surface area contributed by atoms with Crippen LogP contribution in [0, 0.1) is 6.92 Å². The van der Waals surface area contributed by atoms with Gasteiger partial charge in [-0.05, 0) is 20.8 Å². The van der Waals surface area contributed by atoms with Gasteiger partial charge >= 0.3 is 0 Å². The maximum atomic E-state index is 12.4. The van der Waals surface area contributed by atoms with Crippen molar-refractivity contribution in [2.75, 3.05) is 25.5 Å². The summed E-state index contributed by atoms with van der Waals surface area (Å²) in [6, 6.07) is 0.0176. The Balaban J connectivity index is 2.99. The monoisotopic (exact) mass is 332 g/mol. The van der Waals surface area contributed by atoms with E-state index >= 15 is 0 Å². The number of aliphatic imine (C=N–C) groups is 1. The smallest absolute Gasteiger partial charge is 0.270 e. The Morgan fingerprint density at radius 2 is 2.12 bits per heavy atom. The highest BCUT2D eigenvalue weighted by atomic mass is 16.2. The van der Waals surface area contributed by atoms with Gasteiger partial charge in [0.2, 0.25) is 5.91 Å². The number of nitrogens with two attached hydrogens (primary N) is 1. The number of carbonyl (C=O) groups is 2. The average molecular weight is 332 g/mol. The first-order valence-electron chi connectivity index (χ1n) is 7.53. The van der Waals surface area contributed by atoms with Gasteiger partial charge in [0.15, 0.2) is 0 Å². The number of carbonyl (C=O) groups excluding carboxylic acids is 2. The summed E-state index contributed by atoms with van der Waals surface area (Å²) in [6.45, 7) is 5.49. The number of amides is 2. The largest absolute Gasteiger partial charge is 0.366 e. The SMILES string of the molecule is CC=C(CNC(=O)c1ncnc(N(C)C(C)C=NC)c1C)C(N)=O. The van der Waals surface area contributed by atoms with E-state index in [1.54, 1.807) is 33.2 Å². The molecule has 130 valence electrons. The number of allylic oxidation sites excluding steroid dienone is 1. The molecule has 1 heterocycles. The van der Waals surface area contributed by atoms with Crippen LogP contribution < -0.4 is 16.0 Å². The van der Waals surface area contributed by atoms with Crippen LogP contribution in [0.3, 0.4) is 0 Å². The molecule has 0 fully saturated rings. The van der Waals surface area contributed by atoms with E-state index in [0.29, 0.717) is 17.0 Å². The molecule has 0 aliphatic carbocycles. The molecule has 2 amide bonds. The molecule has 1 unspecified atom stereocenters. The topological polar surface area (TPSA) is 114 Å². The summed E-state index contributed by atoms with van der Waals surface area (Å²) in [4.78, 5) is 37.8. The van der Waals surface area contributed by atoms with E-state index in [9.17, 15) is 9.59 Å². The molecule has 0 aliphatic rings. The van der Waals surface area contributed by atoms with Crippen LogP contribution in [0.25, 0.3) is 0 Å². The molecule has 1 rings (SSSR count). The zero-order valence-electron chi connectivity index (χ0n) is 14.7. The van der Waals surface area contributed by atoms with Crippen molar-refractivity contribution in [2.45, 2.75) is 26.8 Å². The Labute approximate surface area is 141 Å². The van der Waals surface area contributed by atoms with Crippen LogP contribution in [0.2, 0.25) is 0 Å². The molecule has 1 aromatic rings. The predicted octanol–water partition coefficient (Wildman–Crippen LogP) is 0.472. The minimum atomic E-state index is -0.565. The number of hydrogen-bond donors (Lipinski definition) is 2. The summed E-state index contributed by atoms with van der Waals surface area (Å²) in [7, 11) is 3.57. The Kier molecular flexibility index (Phi) is 7.03. The molecule has 0 radical (unpaired) electrons. The molecule has 0 spiro atoms. The third kappa shape index (κ3) is 4.61. The lowest BCUT2D eigenvalue weighted by atomic mass is 10.2. The predicted molar refractivity (Wildman–Crippen MR) is 94.3 cm³/mol. The lowest BCUT2D eigenvalue weighted by Gasteiger charge is -2.24. The van der Waals surface area contributed by atoms with Gasteiger partial charge in [0, 0.05) is 38.0 Å². The van der Waals surface area contributed by atoms with Crippen molar-refractivity contribution in [3.8, 4) is 0 Å². The molecular formula is C16H24N6O2. The zero-order valence-corrected chi connectivity index (χ0v) is 14.7. The van der Waals surface area contributed by atoms with Crippen molar-refractivity contribution < 1.29 is 9.59 Å². The van der Waals surface area contributed by atoms with Gasteiger partial charge in [-0.15, -0.1) is 0 Å². The fourth-order valence-electron chi connectivity index (χ4n) is 2.12. The summed E-state index contributed by atoms with van der Waals surface area (Å²) >= 11 is 0. The summed E-state index contributed by atoms with van der Waals surface area (Å²) in [5.74, 6) is -0.309. The lowest BCUT2D eigenvalue weighted by molar-refractivity contribution is -0.114. The number of rotatable bonds is 7. The first-order valence-corrected chi connectivity index (χ1v) is 7.53. The maximum absolute atomic E-state index is 12.4. The minimum Gasteiger partial charge on any atom is -0.366 e. The van der Waals surface area contributed by atoms with E-state index in [4.69, 9.17) is 5.73 Å². The van der Waals surface area contributed by atoms with Gasteiger partial charge in [-0.3, -0.25) is 14.6 Å². The molecule has 1 atom stereocenters. The van der Waals surface area contributed by atoms with Crippen molar-refractivity contribution in [1.82, 2.24) is 15.3 Å². The van der Waals surface area contributed by atoms with Gasteiger partial charge in [-0.2, -0.15) is 0 Å². The number of anilines is 1. The zero-order chi connectivity index (χ0) is 18.3. The molecule has 8 nitrogen and oxygen atoms in total. The molecule has 3 N–H and O–H groups in total. The molecule has 0 saturated heterocycles. The fourth-order valence-corrected chi connectivity index (χ4v) is 2.12. The van der Waals surface area contributed by atoms with Crippen molar-refractivity contribution in [3.63, 3.8) is 0 Å². The molecule has 8 heteroatoms. The highest BCUT2D eigenvalue weighted by Gasteiger charge is 2.19. The van der Waals surface area contributed by atoms with Crippen LogP contribution in [0.1, 0.15) is 29.9 Å².